The number of imidazole rings is 1. The van der Waals surface area contributed by atoms with E-state index < -0.39 is 18.1 Å². The number of aromatic carboxylic acids is 1. The SMILES string of the molecule is CCc1nccn1C1CCCN(c2cccc(C(=O)O)n2)C1.O=C(O)C(F)(F)F. The van der Waals surface area contributed by atoms with Crippen LogP contribution >= 0.6 is 0 Å². The number of hydrogen-bond acceptors (Lipinski definition) is 5. The third-order valence-corrected chi connectivity index (χ3v) is 4.38. The molecule has 0 amide bonds. The maximum absolute atomic E-state index is 11.1. The summed E-state index contributed by atoms with van der Waals surface area (Å²) < 4.78 is 34.0. The molecule has 0 aliphatic carbocycles. The van der Waals surface area contributed by atoms with Crippen LogP contribution in [-0.2, 0) is 11.2 Å². The fraction of sp³-hybridized carbons (Fsp3) is 0.444. The zero-order valence-corrected chi connectivity index (χ0v) is 15.6. The standard InChI is InChI=1S/C16H20N4O2.C2HF3O2/c1-2-14-17-8-10-20(14)12-5-4-9-19(11-12)15-7-3-6-13(18-15)16(21)22;3-2(4,5)1(6)7/h3,6-8,10,12H,2,4-5,9,11H2,1H3,(H,21,22);(H,6,7). The molecular formula is C18H21F3N4O4. The number of halogens is 3. The third-order valence-electron chi connectivity index (χ3n) is 4.38. The van der Waals surface area contributed by atoms with Crippen LogP contribution in [0.2, 0.25) is 0 Å². The molecule has 29 heavy (non-hydrogen) atoms. The summed E-state index contributed by atoms with van der Waals surface area (Å²) in [5, 5.41) is 16.2. The number of rotatable bonds is 4. The molecule has 0 spiro atoms. The lowest BCUT2D eigenvalue weighted by molar-refractivity contribution is -0.192. The van der Waals surface area contributed by atoms with Crippen LogP contribution in [0, 0.1) is 0 Å². The van der Waals surface area contributed by atoms with Crippen molar-refractivity contribution in [2.75, 3.05) is 18.0 Å². The smallest absolute Gasteiger partial charge is 0.477 e. The highest BCUT2D eigenvalue weighted by Gasteiger charge is 2.38. The topological polar surface area (TPSA) is 109 Å². The molecule has 0 radical (unpaired) electrons. The summed E-state index contributed by atoms with van der Waals surface area (Å²) in [6.45, 7) is 3.85. The van der Waals surface area contributed by atoms with Crippen molar-refractivity contribution in [2.45, 2.75) is 38.4 Å². The molecule has 1 aliphatic rings. The van der Waals surface area contributed by atoms with E-state index in [1.54, 1.807) is 6.07 Å². The Bertz CT molecular complexity index is 854. The number of alkyl halides is 3. The van der Waals surface area contributed by atoms with Crippen molar-refractivity contribution in [3.63, 3.8) is 0 Å². The van der Waals surface area contributed by atoms with Gasteiger partial charge in [0.05, 0.1) is 6.04 Å². The number of aromatic nitrogens is 3. The van der Waals surface area contributed by atoms with E-state index in [1.165, 1.54) is 6.07 Å². The Balaban J connectivity index is 0.000000370. The lowest BCUT2D eigenvalue weighted by Gasteiger charge is -2.35. The molecule has 3 heterocycles. The molecule has 0 aromatic carbocycles. The summed E-state index contributed by atoms with van der Waals surface area (Å²) in [6, 6.07) is 5.52. The second kappa shape index (κ2) is 9.39. The van der Waals surface area contributed by atoms with E-state index in [0.717, 1.165) is 44.0 Å². The molecule has 1 saturated heterocycles. The lowest BCUT2D eigenvalue weighted by Crippen LogP contribution is -2.37. The minimum Gasteiger partial charge on any atom is -0.477 e. The summed E-state index contributed by atoms with van der Waals surface area (Å²) in [4.78, 5) is 30.8. The summed E-state index contributed by atoms with van der Waals surface area (Å²) in [7, 11) is 0. The van der Waals surface area contributed by atoms with E-state index >= 15 is 0 Å². The third kappa shape index (κ3) is 5.93. The minimum atomic E-state index is -5.08. The Labute approximate surface area is 164 Å². The van der Waals surface area contributed by atoms with Crippen LogP contribution in [-0.4, -0.2) is 56.0 Å². The van der Waals surface area contributed by atoms with Gasteiger partial charge in [0.2, 0.25) is 0 Å². The maximum atomic E-state index is 11.1. The number of aryl methyl sites for hydroxylation is 1. The average molecular weight is 414 g/mol. The van der Waals surface area contributed by atoms with Crippen LogP contribution < -0.4 is 4.90 Å². The van der Waals surface area contributed by atoms with Gasteiger partial charge in [-0.1, -0.05) is 13.0 Å². The first-order valence-corrected chi connectivity index (χ1v) is 8.90. The molecule has 3 rings (SSSR count). The zero-order valence-electron chi connectivity index (χ0n) is 15.6. The fourth-order valence-electron chi connectivity index (χ4n) is 3.06. The maximum Gasteiger partial charge on any atom is 0.490 e. The second-order valence-corrected chi connectivity index (χ2v) is 6.34. The first-order chi connectivity index (χ1) is 13.6. The zero-order chi connectivity index (χ0) is 21.6. The van der Waals surface area contributed by atoms with Crippen molar-refractivity contribution in [1.82, 2.24) is 14.5 Å². The average Bonchev–Trinajstić information content (AvgIpc) is 3.17. The highest BCUT2D eigenvalue weighted by Crippen LogP contribution is 2.26. The Morgan fingerprint density at radius 2 is 1.97 bits per heavy atom. The Kier molecular flexibility index (Phi) is 7.18. The molecule has 2 aromatic rings. The first-order valence-electron chi connectivity index (χ1n) is 8.90. The van der Waals surface area contributed by atoms with E-state index in [9.17, 15) is 18.0 Å². The predicted molar refractivity (Wildman–Crippen MR) is 97.0 cm³/mol. The van der Waals surface area contributed by atoms with Crippen molar-refractivity contribution in [1.29, 1.82) is 0 Å². The number of piperidine rings is 1. The molecular weight excluding hydrogens is 393 g/mol. The van der Waals surface area contributed by atoms with Crippen LogP contribution in [0.4, 0.5) is 19.0 Å². The Morgan fingerprint density at radius 3 is 2.55 bits per heavy atom. The molecule has 0 saturated carbocycles. The van der Waals surface area contributed by atoms with Gasteiger partial charge in [-0.3, -0.25) is 0 Å². The van der Waals surface area contributed by atoms with E-state index in [-0.39, 0.29) is 5.69 Å². The van der Waals surface area contributed by atoms with Crippen LogP contribution in [0.1, 0.15) is 42.1 Å². The quantitative estimate of drug-likeness (QED) is 0.792. The van der Waals surface area contributed by atoms with E-state index in [1.807, 2.05) is 18.5 Å². The lowest BCUT2D eigenvalue weighted by atomic mass is 10.1. The fourth-order valence-corrected chi connectivity index (χ4v) is 3.06. The summed E-state index contributed by atoms with van der Waals surface area (Å²) in [6.07, 6.45) is 1.88. The summed E-state index contributed by atoms with van der Waals surface area (Å²) in [5.41, 5.74) is 0.0940. The van der Waals surface area contributed by atoms with Crippen molar-refractivity contribution >= 4 is 17.8 Å². The van der Waals surface area contributed by atoms with E-state index in [4.69, 9.17) is 15.0 Å². The minimum absolute atomic E-state index is 0.0940. The molecule has 1 unspecified atom stereocenters. The van der Waals surface area contributed by atoms with Crippen molar-refractivity contribution < 1.29 is 33.0 Å². The molecule has 0 bridgehead atoms. The van der Waals surface area contributed by atoms with Gasteiger partial charge in [0.25, 0.3) is 0 Å². The normalized spacial score (nSPS) is 16.7. The van der Waals surface area contributed by atoms with Gasteiger partial charge in [0.15, 0.2) is 5.69 Å². The molecule has 1 fully saturated rings. The van der Waals surface area contributed by atoms with Gasteiger partial charge in [-0.2, -0.15) is 13.2 Å². The van der Waals surface area contributed by atoms with Gasteiger partial charge in [0, 0.05) is 31.9 Å². The first kappa shape index (κ1) is 22.2. The van der Waals surface area contributed by atoms with Crippen molar-refractivity contribution in [3.05, 3.63) is 42.1 Å². The number of hydrogen-bond donors (Lipinski definition) is 2. The number of nitrogens with zero attached hydrogens (tertiary/aromatic N) is 4. The van der Waals surface area contributed by atoms with Gasteiger partial charge >= 0.3 is 18.1 Å². The van der Waals surface area contributed by atoms with Gasteiger partial charge in [-0.25, -0.2) is 19.6 Å². The Morgan fingerprint density at radius 1 is 1.28 bits per heavy atom. The van der Waals surface area contributed by atoms with Gasteiger partial charge in [-0.05, 0) is 25.0 Å². The van der Waals surface area contributed by atoms with E-state index in [2.05, 4.69) is 26.4 Å². The van der Waals surface area contributed by atoms with Crippen LogP contribution in [0.25, 0.3) is 0 Å². The molecule has 8 nitrogen and oxygen atoms in total. The summed E-state index contributed by atoms with van der Waals surface area (Å²) >= 11 is 0. The predicted octanol–water partition coefficient (Wildman–Crippen LogP) is 3.01. The monoisotopic (exact) mass is 414 g/mol. The molecule has 2 aromatic heterocycles. The molecule has 1 atom stereocenters. The summed E-state index contributed by atoms with van der Waals surface area (Å²) in [5.74, 6) is -1.91. The largest absolute Gasteiger partial charge is 0.490 e. The molecule has 2 N–H and O–H groups in total. The molecule has 158 valence electrons. The van der Waals surface area contributed by atoms with Crippen molar-refractivity contribution in [2.24, 2.45) is 0 Å². The molecule has 11 heteroatoms. The number of carboxylic acid groups (broad SMARTS) is 2. The Hall–Kier alpha value is -3.11. The second-order valence-electron chi connectivity index (χ2n) is 6.34. The number of carboxylic acids is 2. The van der Waals surface area contributed by atoms with Crippen LogP contribution in [0.15, 0.2) is 30.6 Å². The number of anilines is 1. The van der Waals surface area contributed by atoms with Gasteiger partial charge < -0.3 is 19.7 Å². The van der Waals surface area contributed by atoms with E-state index in [0.29, 0.717) is 6.04 Å². The van der Waals surface area contributed by atoms with Crippen LogP contribution in [0.5, 0.6) is 0 Å². The van der Waals surface area contributed by atoms with Crippen LogP contribution in [0.3, 0.4) is 0 Å². The van der Waals surface area contributed by atoms with Gasteiger partial charge in [-0.15, -0.1) is 0 Å². The van der Waals surface area contributed by atoms with Gasteiger partial charge in [0.1, 0.15) is 11.6 Å². The number of pyridine rings is 1. The number of carbonyl (C=O) groups is 2. The van der Waals surface area contributed by atoms with Crippen molar-refractivity contribution in [3.8, 4) is 0 Å². The highest BCUT2D eigenvalue weighted by atomic mass is 19.4. The highest BCUT2D eigenvalue weighted by molar-refractivity contribution is 5.85. The molecule has 1 aliphatic heterocycles. The number of aliphatic carboxylic acids is 1.